The Morgan fingerprint density at radius 2 is 1.81 bits per heavy atom. The minimum atomic E-state index is -3.89. The SMILES string of the molecule is CC1=NC(=O)NC(=O)C1NS(=O)(=O)c1ccc(C)c(C)c1. The molecule has 0 saturated heterocycles. The predicted molar refractivity (Wildman–Crippen MR) is 76.7 cm³/mol. The maximum absolute atomic E-state index is 12.3. The lowest BCUT2D eigenvalue weighted by Gasteiger charge is -2.20. The second-order valence-electron chi connectivity index (χ2n) is 4.85. The molecule has 0 radical (unpaired) electrons. The molecule has 1 aromatic rings. The monoisotopic (exact) mass is 309 g/mol. The van der Waals surface area contributed by atoms with Crippen LogP contribution < -0.4 is 10.0 Å². The van der Waals surface area contributed by atoms with E-state index < -0.39 is 28.0 Å². The van der Waals surface area contributed by atoms with Crippen LogP contribution in [-0.4, -0.2) is 32.1 Å². The molecule has 0 saturated carbocycles. The molecule has 0 aromatic heterocycles. The molecule has 1 aliphatic heterocycles. The maximum Gasteiger partial charge on any atom is 0.347 e. The van der Waals surface area contributed by atoms with E-state index >= 15 is 0 Å². The van der Waals surface area contributed by atoms with E-state index in [0.29, 0.717) is 0 Å². The number of nitrogens with zero attached hydrogens (tertiary/aromatic N) is 1. The first-order valence-corrected chi connectivity index (χ1v) is 7.68. The molecule has 3 amide bonds. The van der Waals surface area contributed by atoms with Crippen molar-refractivity contribution in [2.75, 3.05) is 0 Å². The quantitative estimate of drug-likeness (QED) is 0.855. The first-order chi connectivity index (χ1) is 9.70. The van der Waals surface area contributed by atoms with Gasteiger partial charge in [-0.15, -0.1) is 0 Å². The first kappa shape index (κ1) is 15.3. The lowest BCUT2D eigenvalue weighted by molar-refractivity contribution is -0.120. The Kier molecular flexibility index (Phi) is 3.93. The van der Waals surface area contributed by atoms with Crippen molar-refractivity contribution in [3.8, 4) is 0 Å². The summed E-state index contributed by atoms with van der Waals surface area (Å²) in [7, 11) is -3.89. The molecule has 7 nitrogen and oxygen atoms in total. The van der Waals surface area contributed by atoms with E-state index in [0.717, 1.165) is 11.1 Å². The predicted octanol–water partition coefficient (Wildman–Crippen LogP) is 0.661. The number of sulfonamides is 1. The average molecular weight is 309 g/mol. The van der Waals surface area contributed by atoms with Crippen molar-refractivity contribution in [3.63, 3.8) is 0 Å². The van der Waals surface area contributed by atoms with Crippen LogP contribution in [0.4, 0.5) is 4.79 Å². The fourth-order valence-electron chi connectivity index (χ4n) is 1.86. The van der Waals surface area contributed by atoms with Crippen molar-refractivity contribution in [2.24, 2.45) is 4.99 Å². The van der Waals surface area contributed by atoms with Crippen molar-refractivity contribution >= 4 is 27.7 Å². The number of urea groups is 1. The van der Waals surface area contributed by atoms with Crippen LogP contribution in [0.25, 0.3) is 0 Å². The Morgan fingerprint density at radius 3 is 2.38 bits per heavy atom. The zero-order chi connectivity index (χ0) is 15.8. The van der Waals surface area contributed by atoms with Gasteiger partial charge in [-0.05, 0) is 44.0 Å². The normalized spacial score (nSPS) is 19.2. The second kappa shape index (κ2) is 5.38. The van der Waals surface area contributed by atoms with Gasteiger partial charge in [0.05, 0.1) is 4.90 Å². The summed E-state index contributed by atoms with van der Waals surface area (Å²) in [6.45, 7) is 5.09. The highest BCUT2D eigenvalue weighted by Gasteiger charge is 2.32. The summed E-state index contributed by atoms with van der Waals surface area (Å²) in [5.74, 6) is -0.736. The lowest BCUT2D eigenvalue weighted by atomic mass is 10.1. The van der Waals surface area contributed by atoms with Crippen LogP contribution in [0.5, 0.6) is 0 Å². The Balaban J connectivity index is 2.33. The van der Waals surface area contributed by atoms with Gasteiger partial charge in [-0.3, -0.25) is 10.1 Å². The number of carbonyl (C=O) groups is 2. The molecular weight excluding hydrogens is 294 g/mol. The molecule has 0 aliphatic carbocycles. The van der Waals surface area contributed by atoms with Crippen LogP contribution in [0.15, 0.2) is 28.1 Å². The topological polar surface area (TPSA) is 105 Å². The Morgan fingerprint density at radius 1 is 1.14 bits per heavy atom. The molecule has 0 bridgehead atoms. The number of hydrogen-bond acceptors (Lipinski definition) is 4. The maximum atomic E-state index is 12.3. The third-order valence-corrected chi connectivity index (χ3v) is 4.67. The van der Waals surface area contributed by atoms with Gasteiger partial charge in [0.15, 0.2) is 0 Å². The third kappa shape index (κ3) is 3.17. The lowest BCUT2D eigenvalue weighted by Crippen LogP contribution is -2.54. The van der Waals surface area contributed by atoms with Gasteiger partial charge in [0, 0.05) is 5.71 Å². The van der Waals surface area contributed by atoms with E-state index in [4.69, 9.17) is 0 Å². The van der Waals surface area contributed by atoms with Gasteiger partial charge in [-0.2, -0.15) is 4.72 Å². The third-order valence-electron chi connectivity index (χ3n) is 3.25. The number of aryl methyl sites for hydroxylation is 2. The van der Waals surface area contributed by atoms with Gasteiger partial charge in [0.2, 0.25) is 10.0 Å². The number of hydrogen-bond donors (Lipinski definition) is 2. The zero-order valence-electron chi connectivity index (χ0n) is 11.8. The van der Waals surface area contributed by atoms with Gasteiger partial charge in [-0.25, -0.2) is 18.2 Å². The van der Waals surface area contributed by atoms with Crippen molar-refractivity contribution in [1.82, 2.24) is 10.0 Å². The highest BCUT2D eigenvalue weighted by atomic mass is 32.2. The largest absolute Gasteiger partial charge is 0.347 e. The van der Waals surface area contributed by atoms with Gasteiger partial charge in [0.1, 0.15) is 6.04 Å². The van der Waals surface area contributed by atoms with Crippen LogP contribution >= 0.6 is 0 Å². The van der Waals surface area contributed by atoms with Crippen molar-refractivity contribution in [3.05, 3.63) is 29.3 Å². The molecule has 0 spiro atoms. The molecule has 1 heterocycles. The molecule has 8 heteroatoms. The summed E-state index contributed by atoms with van der Waals surface area (Å²) < 4.78 is 26.9. The molecule has 0 fully saturated rings. The summed E-state index contributed by atoms with van der Waals surface area (Å²) >= 11 is 0. The van der Waals surface area contributed by atoms with Crippen LogP contribution in [-0.2, 0) is 14.8 Å². The van der Waals surface area contributed by atoms with Crippen LogP contribution in [0.3, 0.4) is 0 Å². The fraction of sp³-hybridized carbons (Fsp3) is 0.308. The first-order valence-electron chi connectivity index (χ1n) is 6.20. The molecule has 2 rings (SSSR count). The molecule has 1 unspecified atom stereocenters. The second-order valence-corrected chi connectivity index (χ2v) is 6.56. The number of nitrogens with one attached hydrogen (secondary N) is 2. The molecule has 112 valence electrons. The molecule has 1 aromatic carbocycles. The highest BCUT2D eigenvalue weighted by Crippen LogP contribution is 2.15. The Hall–Kier alpha value is -2.06. The van der Waals surface area contributed by atoms with Crippen LogP contribution in [0, 0.1) is 13.8 Å². The number of rotatable bonds is 3. The number of imide groups is 1. The Labute approximate surface area is 122 Å². The van der Waals surface area contributed by atoms with E-state index in [1.165, 1.54) is 19.1 Å². The summed E-state index contributed by atoms with van der Waals surface area (Å²) in [4.78, 5) is 26.4. The van der Waals surface area contributed by atoms with Gasteiger partial charge < -0.3 is 0 Å². The summed E-state index contributed by atoms with van der Waals surface area (Å²) in [6, 6.07) is 2.70. The molecule has 2 N–H and O–H groups in total. The van der Waals surface area contributed by atoms with Gasteiger partial charge in [0.25, 0.3) is 5.91 Å². The fourth-order valence-corrected chi connectivity index (χ4v) is 3.17. The summed E-state index contributed by atoms with van der Waals surface area (Å²) in [5, 5.41) is 1.96. The van der Waals surface area contributed by atoms with E-state index in [1.54, 1.807) is 13.0 Å². The molecule has 1 atom stereocenters. The van der Waals surface area contributed by atoms with Gasteiger partial charge in [-0.1, -0.05) is 6.07 Å². The number of amides is 3. The van der Waals surface area contributed by atoms with Crippen LogP contribution in [0.1, 0.15) is 18.1 Å². The van der Waals surface area contributed by atoms with E-state index in [2.05, 4.69) is 9.71 Å². The van der Waals surface area contributed by atoms with Gasteiger partial charge >= 0.3 is 6.03 Å². The Bertz CT molecular complexity index is 753. The zero-order valence-corrected chi connectivity index (χ0v) is 12.6. The standard InChI is InChI=1S/C13H15N3O4S/c1-7-4-5-10(6-8(7)2)21(19,20)16-11-9(3)14-13(18)15-12(11)17/h4-6,11,16H,1-3H3,(H,15,17,18). The van der Waals surface area contributed by atoms with Crippen LogP contribution in [0.2, 0.25) is 0 Å². The molecule has 21 heavy (non-hydrogen) atoms. The van der Waals surface area contributed by atoms with E-state index in [1.807, 2.05) is 12.2 Å². The summed E-state index contributed by atoms with van der Waals surface area (Å²) in [5.41, 5.74) is 1.90. The number of aliphatic imine (C=N–C) groups is 1. The van der Waals surface area contributed by atoms with Crippen molar-refractivity contribution < 1.29 is 18.0 Å². The highest BCUT2D eigenvalue weighted by molar-refractivity contribution is 7.89. The van der Waals surface area contributed by atoms with E-state index in [9.17, 15) is 18.0 Å². The summed E-state index contributed by atoms with van der Waals surface area (Å²) in [6.07, 6.45) is 0. The van der Waals surface area contributed by atoms with E-state index in [-0.39, 0.29) is 10.6 Å². The average Bonchev–Trinajstić information content (AvgIpc) is 2.37. The molecule has 1 aliphatic rings. The number of carbonyl (C=O) groups excluding carboxylic acids is 2. The van der Waals surface area contributed by atoms with Crippen molar-refractivity contribution in [2.45, 2.75) is 31.7 Å². The number of benzene rings is 1. The minimum absolute atomic E-state index is 0.0584. The van der Waals surface area contributed by atoms with Crippen molar-refractivity contribution in [1.29, 1.82) is 0 Å². The molecular formula is C13H15N3O4S. The smallest absolute Gasteiger partial charge is 0.274 e. The minimum Gasteiger partial charge on any atom is -0.274 e.